The fraction of sp³-hybridized carbons (Fsp3) is 0.500. The zero-order valence-electron chi connectivity index (χ0n) is 21.0. The number of rotatable bonds is 7. The SMILES string of the molecule is CC(=O)c1cnc2n1CCN(C)C2.CCCc1ccccc1CC.C[B]C(CC)=C(F)C=O. The van der Waals surface area contributed by atoms with E-state index in [0.717, 1.165) is 37.6 Å². The van der Waals surface area contributed by atoms with Gasteiger partial charge in [-0.15, -0.1) is 0 Å². The van der Waals surface area contributed by atoms with Crippen LogP contribution < -0.4 is 0 Å². The summed E-state index contributed by atoms with van der Waals surface area (Å²) in [6.45, 7) is 12.3. The minimum atomic E-state index is -0.653. The van der Waals surface area contributed by atoms with Crippen molar-refractivity contribution in [1.29, 1.82) is 0 Å². The zero-order chi connectivity index (χ0) is 24.8. The van der Waals surface area contributed by atoms with E-state index in [0.29, 0.717) is 11.9 Å². The molecule has 0 saturated carbocycles. The lowest BCUT2D eigenvalue weighted by atomic mass is 9.71. The van der Waals surface area contributed by atoms with Crippen molar-refractivity contribution in [3.05, 3.63) is 64.4 Å². The number of likely N-dealkylation sites (N-methyl/N-ethyl adjacent to an activating group) is 1. The molecular formula is C26H38BFN3O2. The molecule has 1 aromatic heterocycles. The number of carbonyl (C=O) groups is 2. The van der Waals surface area contributed by atoms with Gasteiger partial charge in [0.15, 0.2) is 17.9 Å². The van der Waals surface area contributed by atoms with Gasteiger partial charge in [0.1, 0.15) is 18.8 Å². The minimum absolute atomic E-state index is 0.100. The summed E-state index contributed by atoms with van der Waals surface area (Å²) in [5.41, 5.74) is 4.25. The summed E-state index contributed by atoms with van der Waals surface area (Å²) in [5.74, 6) is 0.447. The molecule has 5 nitrogen and oxygen atoms in total. The number of halogens is 1. The van der Waals surface area contributed by atoms with E-state index in [1.54, 1.807) is 34.1 Å². The van der Waals surface area contributed by atoms with Crippen molar-refractivity contribution in [3.63, 3.8) is 0 Å². The Morgan fingerprint density at radius 1 is 1.18 bits per heavy atom. The first kappa shape index (κ1) is 28.5. The third-order valence-electron chi connectivity index (χ3n) is 5.57. The van der Waals surface area contributed by atoms with Gasteiger partial charge in [-0.2, -0.15) is 0 Å². The van der Waals surface area contributed by atoms with Gasteiger partial charge in [-0.3, -0.25) is 14.5 Å². The average molecular weight is 454 g/mol. The lowest BCUT2D eigenvalue weighted by molar-refractivity contribution is -0.106. The number of nitrogens with zero attached hydrogens (tertiary/aromatic N) is 3. The lowest BCUT2D eigenvalue weighted by Gasteiger charge is -2.24. The molecule has 1 aromatic carbocycles. The van der Waals surface area contributed by atoms with Gasteiger partial charge < -0.3 is 4.57 Å². The van der Waals surface area contributed by atoms with Crippen LogP contribution in [0.4, 0.5) is 4.39 Å². The number of ketones is 1. The van der Waals surface area contributed by atoms with Gasteiger partial charge >= 0.3 is 0 Å². The average Bonchev–Trinajstić information content (AvgIpc) is 3.24. The van der Waals surface area contributed by atoms with Crippen molar-refractivity contribution in [3.8, 4) is 0 Å². The number of aromatic nitrogens is 2. The van der Waals surface area contributed by atoms with Gasteiger partial charge in [-0.1, -0.05) is 63.8 Å². The Morgan fingerprint density at radius 3 is 2.33 bits per heavy atom. The van der Waals surface area contributed by atoms with Crippen LogP contribution in [0.25, 0.3) is 0 Å². The van der Waals surface area contributed by atoms with Crippen LogP contribution in [-0.4, -0.2) is 47.4 Å². The molecule has 3 rings (SSSR count). The highest BCUT2D eigenvalue weighted by atomic mass is 19.1. The van der Waals surface area contributed by atoms with Crippen LogP contribution in [0.2, 0.25) is 6.82 Å². The molecule has 1 aliphatic rings. The predicted octanol–water partition coefficient (Wildman–Crippen LogP) is 5.26. The molecule has 0 aliphatic carbocycles. The highest BCUT2D eigenvalue weighted by Gasteiger charge is 2.18. The molecular weight excluding hydrogens is 416 g/mol. The quantitative estimate of drug-likeness (QED) is 0.248. The second-order valence-corrected chi connectivity index (χ2v) is 8.01. The van der Waals surface area contributed by atoms with Gasteiger partial charge in [0.25, 0.3) is 0 Å². The zero-order valence-corrected chi connectivity index (χ0v) is 21.0. The smallest absolute Gasteiger partial charge is 0.177 e. The molecule has 2 aromatic rings. The largest absolute Gasteiger partial charge is 0.323 e. The summed E-state index contributed by atoms with van der Waals surface area (Å²) in [4.78, 5) is 27.4. The highest BCUT2D eigenvalue weighted by Crippen LogP contribution is 2.13. The Morgan fingerprint density at radius 2 is 1.85 bits per heavy atom. The molecule has 1 aliphatic heterocycles. The van der Waals surface area contributed by atoms with E-state index in [1.165, 1.54) is 24.0 Å². The number of carbonyl (C=O) groups excluding carboxylic acids is 2. The van der Waals surface area contributed by atoms with E-state index in [1.807, 2.05) is 4.57 Å². The number of benzene rings is 1. The number of hydrogen-bond acceptors (Lipinski definition) is 4. The Labute approximate surface area is 199 Å². The summed E-state index contributed by atoms with van der Waals surface area (Å²) in [5, 5.41) is 0. The highest BCUT2D eigenvalue weighted by molar-refractivity contribution is 6.44. The molecule has 0 amide bonds. The topological polar surface area (TPSA) is 55.2 Å². The maximum absolute atomic E-state index is 12.3. The van der Waals surface area contributed by atoms with E-state index >= 15 is 0 Å². The summed E-state index contributed by atoms with van der Waals surface area (Å²) in [6, 6.07) is 8.72. The molecule has 7 heteroatoms. The van der Waals surface area contributed by atoms with Gasteiger partial charge in [0.05, 0.1) is 12.7 Å². The molecule has 0 unspecified atom stereocenters. The van der Waals surface area contributed by atoms with E-state index in [9.17, 15) is 14.0 Å². The number of fused-ring (bicyclic) bond motifs is 1. The Bertz CT molecular complexity index is 918. The van der Waals surface area contributed by atoms with E-state index in [4.69, 9.17) is 0 Å². The van der Waals surface area contributed by atoms with Crippen molar-refractivity contribution >= 4 is 19.3 Å². The Balaban J connectivity index is 0.000000253. The summed E-state index contributed by atoms with van der Waals surface area (Å²) in [7, 11) is 3.66. The van der Waals surface area contributed by atoms with Crippen LogP contribution in [0.15, 0.2) is 41.8 Å². The first-order valence-electron chi connectivity index (χ1n) is 11.8. The maximum Gasteiger partial charge on any atom is 0.177 e. The molecule has 33 heavy (non-hydrogen) atoms. The third kappa shape index (κ3) is 9.08. The summed E-state index contributed by atoms with van der Waals surface area (Å²) >= 11 is 0. The molecule has 0 fully saturated rings. The van der Waals surface area contributed by atoms with Crippen molar-refractivity contribution in [1.82, 2.24) is 14.5 Å². The van der Waals surface area contributed by atoms with Crippen LogP contribution in [0.3, 0.4) is 0 Å². The van der Waals surface area contributed by atoms with Crippen molar-refractivity contribution in [2.45, 2.75) is 73.3 Å². The van der Waals surface area contributed by atoms with Crippen molar-refractivity contribution < 1.29 is 14.0 Å². The molecule has 0 atom stereocenters. The monoisotopic (exact) mass is 454 g/mol. The van der Waals surface area contributed by atoms with E-state index in [-0.39, 0.29) is 12.1 Å². The van der Waals surface area contributed by atoms with Gasteiger partial charge in [0.2, 0.25) is 0 Å². The fourth-order valence-corrected chi connectivity index (χ4v) is 3.66. The molecule has 179 valence electrons. The third-order valence-corrected chi connectivity index (χ3v) is 5.57. The van der Waals surface area contributed by atoms with Crippen LogP contribution in [0.1, 0.15) is 68.0 Å². The first-order chi connectivity index (χ1) is 15.8. The molecule has 2 heterocycles. The summed E-state index contributed by atoms with van der Waals surface area (Å²) in [6.07, 6.45) is 6.12. The number of aryl methyl sites for hydroxylation is 2. The minimum Gasteiger partial charge on any atom is -0.323 e. The molecule has 0 bridgehead atoms. The number of hydrogen-bond donors (Lipinski definition) is 0. The normalized spacial score (nSPS) is 13.4. The second kappa shape index (κ2) is 15.3. The number of Topliss-reactive ketones (excluding diaryl/α,β-unsaturated/α-hetero) is 1. The Hall–Kier alpha value is -2.54. The van der Waals surface area contributed by atoms with Crippen LogP contribution in [0, 0.1) is 0 Å². The van der Waals surface area contributed by atoms with E-state index < -0.39 is 5.83 Å². The number of allylic oxidation sites excluding steroid dienone is 2. The number of aldehydes is 1. The fourth-order valence-electron chi connectivity index (χ4n) is 3.66. The Kier molecular flexibility index (Phi) is 13.2. The number of imidazole rings is 1. The van der Waals surface area contributed by atoms with Gasteiger partial charge in [-0.25, -0.2) is 9.37 Å². The molecule has 0 spiro atoms. The first-order valence-corrected chi connectivity index (χ1v) is 11.8. The van der Waals surface area contributed by atoms with E-state index in [2.05, 4.69) is 55.0 Å². The van der Waals surface area contributed by atoms with Gasteiger partial charge in [-0.05, 0) is 37.4 Å². The van der Waals surface area contributed by atoms with Crippen molar-refractivity contribution in [2.75, 3.05) is 13.6 Å². The summed E-state index contributed by atoms with van der Waals surface area (Å²) < 4.78 is 14.3. The van der Waals surface area contributed by atoms with Gasteiger partial charge in [0, 0.05) is 20.0 Å². The lowest BCUT2D eigenvalue weighted by Crippen LogP contribution is -2.31. The maximum atomic E-state index is 12.3. The van der Waals surface area contributed by atoms with Crippen molar-refractivity contribution in [2.24, 2.45) is 0 Å². The van der Waals surface area contributed by atoms with Crippen LogP contribution in [-0.2, 0) is 30.7 Å². The predicted molar refractivity (Wildman–Crippen MR) is 134 cm³/mol. The standard InChI is InChI=1S/C11H16.C9H13N3O.C6H9BFO/c1-3-7-11-9-6-5-8-10(11)4-2;1-7(13)8-5-10-9-6-11(2)3-4-12(8)9;1-3-5(7-2)6(8)4-9/h5-6,8-9H,3-4,7H2,1-2H3;5H,3-4,6H2,1-2H3;4H,3H2,1-2H3. The molecule has 1 radical (unpaired) electrons. The van der Waals surface area contributed by atoms with Crippen LogP contribution >= 0.6 is 0 Å². The van der Waals surface area contributed by atoms with Crippen LogP contribution in [0.5, 0.6) is 0 Å². The molecule has 0 saturated heterocycles. The molecule has 0 N–H and O–H groups in total. The second-order valence-electron chi connectivity index (χ2n) is 8.01.